The third-order valence-corrected chi connectivity index (χ3v) is 4.10. The Kier molecular flexibility index (Phi) is 6.67. The van der Waals surface area contributed by atoms with Crippen molar-refractivity contribution in [3.8, 4) is 11.3 Å². The minimum absolute atomic E-state index is 0.323. The van der Waals surface area contributed by atoms with Crippen molar-refractivity contribution in [1.82, 2.24) is 10.3 Å². The van der Waals surface area contributed by atoms with E-state index in [0.29, 0.717) is 23.8 Å². The van der Waals surface area contributed by atoms with Crippen LogP contribution in [0.5, 0.6) is 0 Å². The van der Waals surface area contributed by atoms with E-state index < -0.39 is 17.2 Å². The van der Waals surface area contributed by atoms with Crippen molar-refractivity contribution in [1.29, 1.82) is 0 Å². The van der Waals surface area contributed by atoms with E-state index in [2.05, 4.69) is 16.9 Å². The van der Waals surface area contributed by atoms with Crippen molar-refractivity contribution in [2.45, 2.75) is 52.7 Å². The summed E-state index contributed by atoms with van der Waals surface area (Å²) in [5.41, 5.74) is 1.33. The molecule has 0 aliphatic heterocycles. The van der Waals surface area contributed by atoms with Crippen LogP contribution in [0.4, 0.5) is 9.18 Å². The number of carbonyl (C=O) groups is 1. The summed E-state index contributed by atoms with van der Waals surface area (Å²) < 4.78 is 24.3. The van der Waals surface area contributed by atoms with Crippen LogP contribution in [0.3, 0.4) is 0 Å². The smallest absolute Gasteiger partial charge is 0.408 e. The van der Waals surface area contributed by atoms with E-state index in [4.69, 9.17) is 9.47 Å². The van der Waals surface area contributed by atoms with E-state index in [0.717, 1.165) is 11.1 Å². The Bertz CT molecular complexity index is 884. The predicted octanol–water partition coefficient (Wildman–Crippen LogP) is 5.65. The van der Waals surface area contributed by atoms with Crippen LogP contribution in [0.25, 0.3) is 17.0 Å². The summed E-state index contributed by atoms with van der Waals surface area (Å²) in [6.45, 7) is 15.4. The summed E-state index contributed by atoms with van der Waals surface area (Å²) in [6.07, 6.45) is -0.521. The second kappa shape index (κ2) is 8.64. The maximum Gasteiger partial charge on any atom is 0.408 e. The Morgan fingerprint density at radius 1 is 1.14 bits per heavy atom. The molecule has 1 aromatic carbocycles. The second-order valence-electron chi connectivity index (χ2n) is 8.24. The summed E-state index contributed by atoms with van der Waals surface area (Å²) in [7, 11) is 0. The maximum atomic E-state index is 13.3. The van der Waals surface area contributed by atoms with Crippen LogP contribution in [0.2, 0.25) is 0 Å². The Labute approximate surface area is 172 Å². The van der Waals surface area contributed by atoms with Crippen molar-refractivity contribution in [3.05, 3.63) is 60.1 Å². The first-order valence-corrected chi connectivity index (χ1v) is 9.53. The van der Waals surface area contributed by atoms with Gasteiger partial charge in [-0.3, -0.25) is 0 Å². The van der Waals surface area contributed by atoms with Crippen molar-refractivity contribution in [3.63, 3.8) is 0 Å². The number of pyridine rings is 1. The monoisotopic (exact) mass is 400 g/mol. The first kappa shape index (κ1) is 22.4. The lowest BCUT2D eigenvalue weighted by atomic mass is 9.92. The predicted molar refractivity (Wildman–Crippen MR) is 113 cm³/mol. The minimum atomic E-state index is -0.763. The molecular weight excluding hydrogens is 371 g/mol. The lowest BCUT2D eigenvalue weighted by Crippen LogP contribution is -2.43. The SMILES string of the molecule is C=C(OCC)c1cc(C(C)(C)NC(=O)OC(C)(C)C)cc(-c2ccc(F)cc2)n1. The van der Waals surface area contributed by atoms with Gasteiger partial charge in [0.1, 0.15) is 22.9 Å². The number of halogens is 1. The van der Waals surface area contributed by atoms with Crippen LogP contribution >= 0.6 is 0 Å². The zero-order chi connectivity index (χ0) is 21.8. The first-order chi connectivity index (χ1) is 13.4. The van der Waals surface area contributed by atoms with Crippen LogP contribution in [0.15, 0.2) is 43.0 Å². The number of rotatable bonds is 6. The van der Waals surface area contributed by atoms with Gasteiger partial charge in [0.05, 0.1) is 17.8 Å². The van der Waals surface area contributed by atoms with Crippen LogP contribution in [-0.2, 0) is 15.0 Å². The van der Waals surface area contributed by atoms with Gasteiger partial charge in [-0.2, -0.15) is 0 Å². The second-order valence-corrected chi connectivity index (χ2v) is 8.24. The molecule has 0 aliphatic rings. The highest BCUT2D eigenvalue weighted by molar-refractivity contribution is 5.70. The van der Waals surface area contributed by atoms with Crippen LogP contribution < -0.4 is 5.32 Å². The molecule has 1 heterocycles. The van der Waals surface area contributed by atoms with Gasteiger partial charge in [-0.25, -0.2) is 14.2 Å². The maximum absolute atomic E-state index is 13.3. The van der Waals surface area contributed by atoms with Crippen molar-refractivity contribution < 1.29 is 18.7 Å². The number of alkyl carbamates (subject to hydrolysis) is 1. The number of nitrogens with zero attached hydrogens (tertiary/aromatic N) is 1. The Morgan fingerprint density at radius 2 is 1.76 bits per heavy atom. The van der Waals surface area contributed by atoms with Crippen LogP contribution in [-0.4, -0.2) is 23.3 Å². The fraction of sp³-hybridized carbons (Fsp3) is 0.391. The third kappa shape index (κ3) is 6.31. The first-order valence-electron chi connectivity index (χ1n) is 9.53. The zero-order valence-electron chi connectivity index (χ0n) is 17.9. The van der Waals surface area contributed by atoms with E-state index in [1.54, 1.807) is 12.1 Å². The molecule has 156 valence electrons. The van der Waals surface area contributed by atoms with Gasteiger partial charge >= 0.3 is 6.09 Å². The number of carbonyl (C=O) groups excluding carboxylic acids is 1. The lowest BCUT2D eigenvalue weighted by molar-refractivity contribution is 0.0470. The molecule has 1 aromatic heterocycles. The highest BCUT2D eigenvalue weighted by Gasteiger charge is 2.28. The fourth-order valence-corrected chi connectivity index (χ4v) is 2.68. The minimum Gasteiger partial charge on any atom is -0.492 e. The van der Waals surface area contributed by atoms with Gasteiger partial charge < -0.3 is 14.8 Å². The highest BCUT2D eigenvalue weighted by atomic mass is 19.1. The largest absolute Gasteiger partial charge is 0.492 e. The molecule has 0 atom stereocenters. The molecule has 2 rings (SSSR count). The van der Waals surface area contributed by atoms with E-state index >= 15 is 0 Å². The van der Waals surface area contributed by atoms with Gasteiger partial charge in [0.15, 0.2) is 0 Å². The normalized spacial score (nSPS) is 11.7. The summed E-state index contributed by atoms with van der Waals surface area (Å²) in [5.74, 6) is 0.0987. The quantitative estimate of drug-likeness (QED) is 0.636. The molecule has 1 amide bonds. The molecule has 0 bridgehead atoms. The molecular formula is C23H29FN2O3. The summed E-state index contributed by atoms with van der Waals surface area (Å²) in [4.78, 5) is 16.9. The fourth-order valence-electron chi connectivity index (χ4n) is 2.68. The number of ether oxygens (including phenoxy) is 2. The zero-order valence-corrected chi connectivity index (χ0v) is 17.9. The van der Waals surface area contributed by atoms with E-state index in [1.807, 2.05) is 53.7 Å². The van der Waals surface area contributed by atoms with Gasteiger partial charge in [-0.15, -0.1) is 0 Å². The van der Waals surface area contributed by atoms with Gasteiger partial charge in [0, 0.05) is 5.56 Å². The van der Waals surface area contributed by atoms with Gasteiger partial charge in [-0.1, -0.05) is 6.58 Å². The number of hydrogen-bond acceptors (Lipinski definition) is 4. The number of nitrogens with one attached hydrogen (secondary N) is 1. The average Bonchev–Trinajstić information content (AvgIpc) is 2.60. The van der Waals surface area contributed by atoms with Crippen LogP contribution in [0, 0.1) is 5.82 Å². The summed E-state index contributed by atoms with van der Waals surface area (Å²) in [6, 6.07) is 9.75. The number of amides is 1. The molecule has 29 heavy (non-hydrogen) atoms. The molecule has 6 heteroatoms. The topological polar surface area (TPSA) is 60.5 Å². The van der Waals surface area contributed by atoms with Gasteiger partial charge in [-0.05, 0) is 83.5 Å². The van der Waals surface area contributed by atoms with E-state index in [1.165, 1.54) is 12.1 Å². The van der Waals surface area contributed by atoms with Gasteiger partial charge in [0.2, 0.25) is 0 Å². The molecule has 0 fully saturated rings. The lowest BCUT2D eigenvalue weighted by Gasteiger charge is -2.29. The van der Waals surface area contributed by atoms with Crippen molar-refractivity contribution >= 4 is 11.9 Å². The third-order valence-electron chi connectivity index (χ3n) is 4.10. The molecule has 0 saturated heterocycles. The molecule has 0 unspecified atom stereocenters. The van der Waals surface area contributed by atoms with E-state index in [9.17, 15) is 9.18 Å². The van der Waals surface area contributed by atoms with E-state index in [-0.39, 0.29) is 5.82 Å². The standard InChI is InChI=1S/C23H29FN2O3/c1-8-28-15(2)19-13-17(23(6,7)26-21(27)29-22(3,4)5)14-20(25-19)16-9-11-18(24)12-10-16/h9-14H,2,8H2,1,3-7H3,(H,26,27). The Hall–Kier alpha value is -2.89. The van der Waals surface area contributed by atoms with Crippen LogP contribution in [0.1, 0.15) is 52.8 Å². The highest BCUT2D eigenvalue weighted by Crippen LogP contribution is 2.29. The number of benzene rings is 1. The molecule has 2 aromatic rings. The average molecular weight is 400 g/mol. The number of aromatic nitrogens is 1. The Morgan fingerprint density at radius 3 is 2.31 bits per heavy atom. The molecule has 5 nitrogen and oxygen atoms in total. The Balaban J connectivity index is 2.47. The molecule has 1 N–H and O–H groups in total. The molecule has 0 spiro atoms. The van der Waals surface area contributed by atoms with Gasteiger partial charge in [0.25, 0.3) is 0 Å². The molecule has 0 radical (unpaired) electrons. The summed E-state index contributed by atoms with van der Waals surface area (Å²) in [5, 5.41) is 2.90. The number of hydrogen-bond donors (Lipinski definition) is 1. The molecule has 0 aliphatic carbocycles. The molecule has 0 saturated carbocycles. The van der Waals surface area contributed by atoms with Crippen molar-refractivity contribution in [2.24, 2.45) is 0 Å². The summed E-state index contributed by atoms with van der Waals surface area (Å²) >= 11 is 0. The van der Waals surface area contributed by atoms with Crippen molar-refractivity contribution in [2.75, 3.05) is 6.61 Å².